The molecule has 0 unspecified atom stereocenters. The fourth-order valence-corrected chi connectivity index (χ4v) is 2.93. The van der Waals surface area contributed by atoms with Crippen LogP contribution in [0.3, 0.4) is 0 Å². The van der Waals surface area contributed by atoms with Crippen LogP contribution in [0.15, 0.2) is 65.1 Å². The Labute approximate surface area is 128 Å². The zero-order valence-corrected chi connectivity index (χ0v) is 12.1. The lowest BCUT2D eigenvalue weighted by molar-refractivity contribution is 0.669. The first kappa shape index (κ1) is 12.7. The summed E-state index contributed by atoms with van der Waals surface area (Å²) >= 11 is 0. The highest BCUT2D eigenvalue weighted by atomic mass is 16.3. The molecule has 0 radical (unpaired) electrons. The Bertz CT molecular complexity index is 1040. The number of furan rings is 1. The molecule has 0 saturated heterocycles. The molecule has 0 spiro atoms. The smallest absolute Gasteiger partial charge is 0.144 e. The third kappa shape index (κ3) is 1.80. The number of hydrogen-bond acceptors (Lipinski definition) is 2. The van der Waals surface area contributed by atoms with Gasteiger partial charge in [-0.2, -0.15) is 5.26 Å². The Kier molecular flexibility index (Phi) is 2.74. The van der Waals surface area contributed by atoms with E-state index in [1.807, 2.05) is 55.5 Å². The van der Waals surface area contributed by atoms with Crippen molar-refractivity contribution in [3.63, 3.8) is 0 Å². The molecule has 1 heterocycles. The van der Waals surface area contributed by atoms with Crippen molar-refractivity contribution >= 4 is 21.9 Å². The molecule has 104 valence electrons. The topological polar surface area (TPSA) is 36.9 Å². The molecule has 0 fully saturated rings. The van der Waals surface area contributed by atoms with Crippen LogP contribution in [-0.4, -0.2) is 0 Å². The molecule has 0 atom stereocenters. The molecule has 0 aliphatic rings. The minimum atomic E-state index is 0.634. The van der Waals surface area contributed by atoms with Gasteiger partial charge in [0.2, 0.25) is 0 Å². The van der Waals surface area contributed by atoms with E-state index in [1.165, 1.54) is 0 Å². The first-order valence-electron chi connectivity index (χ1n) is 7.19. The van der Waals surface area contributed by atoms with E-state index in [1.54, 1.807) is 0 Å². The van der Waals surface area contributed by atoms with Gasteiger partial charge >= 0.3 is 0 Å². The Hall–Kier alpha value is -3.05. The maximum absolute atomic E-state index is 9.47. The first-order valence-corrected chi connectivity index (χ1v) is 7.19. The van der Waals surface area contributed by atoms with E-state index in [0.29, 0.717) is 5.56 Å². The molecule has 0 aliphatic carbocycles. The zero-order chi connectivity index (χ0) is 15.1. The van der Waals surface area contributed by atoms with Crippen molar-refractivity contribution in [1.82, 2.24) is 0 Å². The van der Waals surface area contributed by atoms with E-state index < -0.39 is 0 Å². The highest BCUT2D eigenvalue weighted by Crippen LogP contribution is 2.37. The maximum Gasteiger partial charge on any atom is 0.144 e. The number of rotatable bonds is 1. The van der Waals surface area contributed by atoms with E-state index in [4.69, 9.17) is 4.42 Å². The van der Waals surface area contributed by atoms with Gasteiger partial charge in [0.1, 0.15) is 11.2 Å². The molecule has 0 bridgehead atoms. The second-order valence-corrected chi connectivity index (χ2v) is 5.44. The van der Waals surface area contributed by atoms with Gasteiger partial charge in [0.15, 0.2) is 0 Å². The quantitative estimate of drug-likeness (QED) is 0.467. The van der Waals surface area contributed by atoms with Gasteiger partial charge in [-0.1, -0.05) is 42.5 Å². The third-order valence-corrected chi connectivity index (χ3v) is 3.98. The number of nitrogens with zero attached hydrogens (tertiary/aromatic N) is 1. The van der Waals surface area contributed by atoms with Gasteiger partial charge in [-0.05, 0) is 36.2 Å². The largest absolute Gasteiger partial charge is 0.455 e. The molecule has 4 rings (SSSR count). The average molecular weight is 283 g/mol. The van der Waals surface area contributed by atoms with Crippen molar-refractivity contribution in [2.24, 2.45) is 0 Å². The normalized spacial score (nSPS) is 10.9. The molecule has 0 saturated carbocycles. The van der Waals surface area contributed by atoms with Crippen molar-refractivity contribution in [3.05, 3.63) is 71.8 Å². The summed E-state index contributed by atoms with van der Waals surface area (Å²) in [6, 6.07) is 22.3. The van der Waals surface area contributed by atoms with Crippen molar-refractivity contribution in [2.75, 3.05) is 0 Å². The second-order valence-electron chi connectivity index (χ2n) is 5.44. The van der Waals surface area contributed by atoms with Crippen LogP contribution in [0.4, 0.5) is 0 Å². The zero-order valence-electron chi connectivity index (χ0n) is 12.1. The molecule has 4 aromatic rings. The number of hydrogen-bond donors (Lipinski definition) is 0. The SMILES string of the molecule is Cc1ccc2c(c1)oc1c(-c3ccccc3)c(C#N)ccc12. The molecule has 2 heteroatoms. The molecular weight excluding hydrogens is 270 g/mol. The standard InChI is InChI=1S/C20H13NO/c1-13-7-9-16-17-10-8-15(12-21)19(14-5-3-2-4-6-14)20(17)22-18(16)11-13/h2-11H,1H3. The van der Waals surface area contributed by atoms with Crippen molar-refractivity contribution in [3.8, 4) is 17.2 Å². The highest BCUT2D eigenvalue weighted by molar-refractivity contribution is 6.10. The van der Waals surface area contributed by atoms with Gasteiger partial charge in [0.05, 0.1) is 11.6 Å². The predicted molar refractivity (Wildman–Crippen MR) is 88.6 cm³/mol. The van der Waals surface area contributed by atoms with Gasteiger partial charge in [-0.3, -0.25) is 0 Å². The maximum atomic E-state index is 9.47. The molecule has 0 N–H and O–H groups in total. The number of benzene rings is 3. The van der Waals surface area contributed by atoms with Crippen LogP contribution < -0.4 is 0 Å². The summed E-state index contributed by atoms with van der Waals surface area (Å²) in [5.41, 5.74) is 5.31. The summed E-state index contributed by atoms with van der Waals surface area (Å²) < 4.78 is 6.11. The van der Waals surface area contributed by atoms with Crippen LogP contribution in [0.25, 0.3) is 33.1 Å². The summed E-state index contributed by atoms with van der Waals surface area (Å²) in [4.78, 5) is 0. The average Bonchev–Trinajstić information content (AvgIpc) is 2.91. The lowest BCUT2D eigenvalue weighted by Gasteiger charge is -2.05. The fourth-order valence-electron chi connectivity index (χ4n) is 2.93. The van der Waals surface area contributed by atoms with E-state index >= 15 is 0 Å². The molecular formula is C20H13NO. The van der Waals surface area contributed by atoms with Gasteiger partial charge in [0, 0.05) is 16.3 Å². The lowest BCUT2D eigenvalue weighted by atomic mass is 9.97. The van der Waals surface area contributed by atoms with E-state index in [0.717, 1.165) is 38.6 Å². The third-order valence-electron chi connectivity index (χ3n) is 3.98. The monoisotopic (exact) mass is 283 g/mol. The van der Waals surface area contributed by atoms with Crippen molar-refractivity contribution < 1.29 is 4.42 Å². The molecule has 22 heavy (non-hydrogen) atoms. The Morgan fingerprint density at radius 2 is 1.68 bits per heavy atom. The summed E-state index contributed by atoms with van der Waals surface area (Å²) in [6.45, 7) is 2.05. The summed E-state index contributed by atoms with van der Waals surface area (Å²) in [5, 5.41) is 11.6. The molecule has 1 aromatic heterocycles. The number of nitriles is 1. The summed E-state index contributed by atoms with van der Waals surface area (Å²) in [5.74, 6) is 0. The van der Waals surface area contributed by atoms with Crippen LogP contribution >= 0.6 is 0 Å². The van der Waals surface area contributed by atoms with E-state index in [-0.39, 0.29) is 0 Å². The summed E-state index contributed by atoms with van der Waals surface area (Å²) in [6.07, 6.45) is 0. The molecule has 0 aliphatic heterocycles. The number of aryl methyl sites for hydroxylation is 1. The number of fused-ring (bicyclic) bond motifs is 3. The van der Waals surface area contributed by atoms with E-state index in [2.05, 4.69) is 18.2 Å². The minimum Gasteiger partial charge on any atom is -0.455 e. The van der Waals surface area contributed by atoms with Crippen LogP contribution in [-0.2, 0) is 0 Å². The summed E-state index contributed by atoms with van der Waals surface area (Å²) in [7, 11) is 0. The van der Waals surface area contributed by atoms with Crippen LogP contribution in [0.2, 0.25) is 0 Å². The first-order chi connectivity index (χ1) is 10.8. The predicted octanol–water partition coefficient (Wildman–Crippen LogP) is 5.43. The van der Waals surface area contributed by atoms with Gasteiger partial charge in [-0.25, -0.2) is 0 Å². The van der Waals surface area contributed by atoms with Crippen LogP contribution in [0, 0.1) is 18.3 Å². The molecule has 2 nitrogen and oxygen atoms in total. The molecule has 3 aromatic carbocycles. The van der Waals surface area contributed by atoms with E-state index in [9.17, 15) is 5.26 Å². The lowest BCUT2D eigenvalue weighted by Crippen LogP contribution is -1.85. The van der Waals surface area contributed by atoms with Gasteiger partial charge in [-0.15, -0.1) is 0 Å². The van der Waals surface area contributed by atoms with Gasteiger partial charge < -0.3 is 4.42 Å². The van der Waals surface area contributed by atoms with Crippen LogP contribution in [0.1, 0.15) is 11.1 Å². The minimum absolute atomic E-state index is 0.634. The van der Waals surface area contributed by atoms with Crippen LogP contribution in [0.5, 0.6) is 0 Å². The molecule has 0 amide bonds. The van der Waals surface area contributed by atoms with Crippen molar-refractivity contribution in [2.45, 2.75) is 6.92 Å². The van der Waals surface area contributed by atoms with Crippen molar-refractivity contribution in [1.29, 1.82) is 5.26 Å². The van der Waals surface area contributed by atoms with Gasteiger partial charge in [0.25, 0.3) is 0 Å². The Balaban J connectivity index is 2.17. The Morgan fingerprint density at radius 3 is 2.45 bits per heavy atom. The Morgan fingerprint density at radius 1 is 0.909 bits per heavy atom. The highest BCUT2D eigenvalue weighted by Gasteiger charge is 2.16. The second kappa shape index (κ2) is 4.75. The fraction of sp³-hybridized carbons (Fsp3) is 0.0500.